The van der Waals surface area contributed by atoms with E-state index in [1.165, 1.54) is 0 Å². The van der Waals surface area contributed by atoms with Crippen LogP contribution in [0.4, 0.5) is 0 Å². The van der Waals surface area contributed by atoms with Gasteiger partial charge in [-0.2, -0.15) is 0 Å². The molecule has 0 bridgehead atoms. The zero-order chi connectivity index (χ0) is 14.8. The second-order valence-electron chi connectivity index (χ2n) is 6.82. The summed E-state index contributed by atoms with van der Waals surface area (Å²) in [5.74, 6) is -0.167. The first-order chi connectivity index (χ1) is 8.60. The van der Waals surface area contributed by atoms with E-state index in [2.05, 4.69) is 43.9 Å². The highest BCUT2D eigenvalue weighted by molar-refractivity contribution is 6.74. The maximum absolute atomic E-state index is 9.96. The van der Waals surface area contributed by atoms with Crippen molar-refractivity contribution >= 4 is 8.32 Å². The predicted octanol–water partition coefficient (Wildman–Crippen LogP) is 2.43. The lowest BCUT2D eigenvalue weighted by atomic mass is 10.1. The second kappa shape index (κ2) is 5.81. The molecule has 1 saturated carbocycles. The standard InChI is InChI=1S/C12H25N3O3Si/c1-12(2,3)19(4,5)18-7-8-6-9(14-15-13)11(17)10(8)16/h8-11,16-17H,6-7H2,1-5H3/t8-,9-,10-,11+/m1/s1. The van der Waals surface area contributed by atoms with Crippen LogP contribution in [0.2, 0.25) is 18.1 Å². The van der Waals surface area contributed by atoms with Gasteiger partial charge in [0.05, 0.1) is 18.2 Å². The molecule has 7 heteroatoms. The first-order valence-corrected chi connectivity index (χ1v) is 9.55. The molecule has 110 valence electrons. The summed E-state index contributed by atoms with van der Waals surface area (Å²) in [6, 6.07) is -0.548. The normalized spacial score (nSPS) is 32.2. The molecule has 0 amide bonds. The summed E-state index contributed by atoms with van der Waals surface area (Å²) in [5, 5.41) is 23.4. The number of nitrogens with zero attached hydrogens (tertiary/aromatic N) is 3. The molecule has 1 aliphatic rings. The molecule has 0 aromatic carbocycles. The van der Waals surface area contributed by atoms with Crippen LogP contribution in [0.3, 0.4) is 0 Å². The smallest absolute Gasteiger partial charge is 0.191 e. The van der Waals surface area contributed by atoms with Crippen molar-refractivity contribution in [3.63, 3.8) is 0 Å². The van der Waals surface area contributed by atoms with E-state index in [0.717, 1.165) is 0 Å². The van der Waals surface area contributed by atoms with Crippen LogP contribution in [0, 0.1) is 5.92 Å². The Morgan fingerprint density at radius 2 is 1.89 bits per heavy atom. The van der Waals surface area contributed by atoms with Crippen LogP contribution in [-0.4, -0.2) is 43.4 Å². The molecule has 1 aliphatic carbocycles. The average molecular weight is 287 g/mol. The highest BCUT2D eigenvalue weighted by Gasteiger charge is 2.43. The van der Waals surface area contributed by atoms with Gasteiger partial charge in [0.2, 0.25) is 0 Å². The molecule has 0 spiro atoms. The van der Waals surface area contributed by atoms with Gasteiger partial charge >= 0.3 is 0 Å². The van der Waals surface area contributed by atoms with Gasteiger partial charge in [0.15, 0.2) is 8.32 Å². The number of aliphatic hydroxyl groups excluding tert-OH is 2. The molecule has 0 aromatic rings. The molecule has 0 heterocycles. The monoisotopic (exact) mass is 287 g/mol. The SMILES string of the molecule is CC(C)(C)[Si](C)(C)OC[C@H]1C[C@@H](N=[N+]=[N-])[C@H](O)[C@@H]1O. The third-order valence-corrected chi connectivity index (χ3v) is 8.94. The summed E-state index contributed by atoms with van der Waals surface area (Å²) in [6.45, 7) is 11.2. The van der Waals surface area contributed by atoms with E-state index in [1.54, 1.807) is 0 Å². The minimum atomic E-state index is -1.86. The van der Waals surface area contributed by atoms with E-state index in [4.69, 9.17) is 9.96 Å². The van der Waals surface area contributed by atoms with Gasteiger partial charge in [-0.05, 0) is 30.1 Å². The molecule has 1 rings (SSSR count). The average Bonchev–Trinajstić information content (AvgIpc) is 2.54. The van der Waals surface area contributed by atoms with E-state index >= 15 is 0 Å². The van der Waals surface area contributed by atoms with Crippen molar-refractivity contribution in [3.05, 3.63) is 10.4 Å². The van der Waals surface area contributed by atoms with Gasteiger partial charge in [-0.25, -0.2) is 0 Å². The number of azide groups is 1. The van der Waals surface area contributed by atoms with Gasteiger partial charge in [-0.3, -0.25) is 0 Å². The van der Waals surface area contributed by atoms with Crippen molar-refractivity contribution in [1.82, 2.24) is 0 Å². The Hall–Kier alpha value is -0.593. The van der Waals surface area contributed by atoms with E-state index in [1.807, 2.05) is 0 Å². The Labute approximate surface area is 115 Å². The zero-order valence-electron chi connectivity index (χ0n) is 12.4. The molecule has 4 atom stereocenters. The van der Waals surface area contributed by atoms with Gasteiger partial charge in [0.25, 0.3) is 0 Å². The molecule has 0 aliphatic heterocycles. The van der Waals surface area contributed by atoms with Gasteiger partial charge in [-0.15, -0.1) is 0 Å². The molecule has 6 nitrogen and oxygen atoms in total. The molecule has 0 saturated heterocycles. The first kappa shape index (κ1) is 16.5. The van der Waals surface area contributed by atoms with Crippen LogP contribution in [0.25, 0.3) is 10.4 Å². The quantitative estimate of drug-likeness (QED) is 0.359. The highest BCUT2D eigenvalue weighted by Crippen LogP contribution is 2.38. The van der Waals surface area contributed by atoms with Crippen LogP contribution >= 0.6 is 0 Å². The van der Waals surface area contributed by atoms with Crippen molar-refractivity contribution in [2.45, 2.75) is 63.6 Å². The van der Waals surface area contributed by atoms with Crippen LogP contribution in [-0.2, 0) is 4.43 Å². The topological polar surface area (TPSA) is 98.5 Å². The first-order valence-electron chi connectivity index (χ1n) is 6.64. The van der Waals surface area contributed by atoms with Crippen molar-refractivity contribution in [3.8, 4) is 0 Å². The van der Waals surface area contributed by atoms with Crippen LogP contribution < -0.4 is 0 Å². The summed E-state index contributed by atoms with van der Waals surface area (Å²) < 4.78 is 6.06. The number of hydrogen-bond donors (Lipinski definition) is 2. The fourth-order valence-electron chi connectivity index (χ4n) is 1.98. The third-order valence-electron chi connectivity index (χ3n) is 4.44. The molecule has 0 unspecified atom stereocenters. The molecular weight excluding hydrogens is 262 g/mol. The molecule has 2 N–H and O–H groups in total. The van der Waals surface area contributed by atoms with Crippen molar-refractivity contribution < 1.29 is 14.6 Å². The molecule has 0 radical (unpaired) electrons. The third kappa shape index (κ3) is 3.70. The van der Waals surface area contributed by atoms with Crippen molar-refractivity contribution in [1.29, 1.82) is 0 Å². The van der Waals surface area contributed by atoms with E-state index in [-0.39, 0.29) is 11.0 Å². The Balaban J connectivity index is 2.62. The summed E-state index contributed by atoms with van der Waals surface area (Å²) >= 11 is 0. The molecule has 19 heavy (non-hydrogen) atoms. The fourth-order valence-corrected chi connectivity index (χ4v) is 3.04. The second-order valence-corrected chi connectivity index (χ2v) is 11.6. The fraction of sp³-hybridized carbons (Fsp3) is 1.00. The van der Waals surface area contributed by atoms with Gasteiger partial charge < -0.3 is 14.6 Å². The number of hydrogen-bond acceptors (Lipinski definition) is 4. The highest BCUT2D eigenvalue weighted by atomic mass is 28.4. The predicted molar refractivity (Wildman–Crippen MR) is 76.2 cm³/mol. The maximum atomic E-state index is 9.96. The Morgan fingerprint density at radius 3 is 2.37 bits per heavy atom. The molecule has 1 fully saturated rings. The van der Waals surface area contributed by atoms with Crippen LogP contribution in [0.5, 0.6) is 0 Å². The molecular formula is C12H25N3O3Si. The van der Waals surface area contributed by atoms with Gasteiger partial charge in [-0.1, -0.05) is 25.9 Å². The molecule has 0 aromatic heterocycles. The number of aliphatic hydroxyl groups is 2. The van der Waals surface area contributed by atoms with Gasteiger partial charge in [0.1, 0.15) is 0 Å². The Morgan fingerprint density at radius 1 is 1.32 bits per heavy atom. The van der Waals surface area contributed by atoms with Crippen molar-refractivity contribution in [2.24, 2.45) is 11.0 Å². The minimum Gasteiger partial charge on any atom is -0.416 e. The van der Waals surface area contributed by atoms with E-state index in [9.17, 15) is 10.2 Å². The Kier molecular flexibility index (Phi) is 5.03. The minimum absolute atomic E-state index is 0.110. The zero-order valence-corrected chi connectivity index (χ0v) is 13.4. The van der Waals surface area contributed by atoms with Crippen LogP contribution in [0.15, 0.2) is 5.11 Å². The largest absolute Gasteiger partial charge is 0.416 e. The van der Waals surface area contributed by atoms with Crippen molar-refractivity contribution in [2.75, 3.05) is 6.61 Å². The Bertz CT molecular complexity index is 364. The van der Waals surface area contributed by atoms with Gasteiger partial charge in [0, 0.05) is 17.4 Å². The van der Waals surface area contributed by atoms with E-state index < -0.39 is 26.6 Å². The summed E-state index contributed by atoms with van der Waals surface area (Å²) in [6.07, 6.45) is -1.38. The van der Waals surface area contributed by atoms with E-state index in [0.29, 0.717) is 13.0 Å². The lowest BCUT2D eigenvalue weighted by molar-refractivity contribution is 0.00436. The summed E-state index contributed by atoms with van der Waals surface area (Å²) in [4.78, 5) is 2.71. The maximum Gasteiger partial charge on any atom is 0.191 e. The lowest BCUT2D eigenvalue weighted by Gasteiger charge is -2.37. The lowest BCUT2D eigenvalue weighted by Crippen LogP contribution is -2.43. The summed E-state index contributed by atoms with van der Waals surface area (Å²) in [7, 11) is -1.86. The number of rotatable bonds is 4. The van der Waals surface area contributed by atoms with Crippen LogP contribution in [0.1, 0.15) is 27.2 Å². The summed E-state index contributed by atoms with van der Waals surface area (Å²) in [5.41, 5.74) is 8.42.